The molecular weight excluding hydrogens is 490 g/mol. The second-order valence-corrected chi connectivity index (χ2v) is 11.7. The Hall–Kier alpha value is -3.81. The predicted molar refractivity (Wildman–Crippen MR) is 154 cm³/mol. The molecule has 1 aliphatic carbocycles. The van der Waals surface area contributed by atoms with Crippen molar-refractivity contribution < 1.29 is 14.3 Å². The van der Waals surface area contributed by atoms with Crippen LogP contribution in [0.4, 0.5) is 0 Å². The lowest BCUT2D eigenvalue weighted by atomic mass is 10.0. The SMILES string of the molecule is COc1ccc(CN2CC(C(C)Oc3cc(C(C=NC(C)(C)C)=CN)cn4ncc(C5CC5)c34)CC2=O)cc1. The first-order chi connectivity index (χ1) is 18.6. The molecule has 1 aromatic carbocycles. The number of amides is 1. The van der Waals surface area contributed by atoms with E-state index in [1.54, 1.807) is 13.3 Å². The Morgan fingerprint density at radius 1 is 1.26 bits per heavy atom. The third kappa shape index (κ3) is 6.10. The summed E-state index contributed by atoms with van der Waals surface area (Å²) >= 11 is 0. The van der Waals surface area contributed by atoms with E-state index in [0.717, 1.165) is 33.7 Å². The Labute approximate surface area is 230 Å². The van der Waals surface area contributed by atoms with Crippen molar-refractivity contribution >= 4 is 23.2 Å². The van der Waals surface area contributed by atoms with E-state index in [1.807, 2.05) is 79.1 Å². The molecule has 8 nitrogen and oxygen atoms in total. The molecule has 39 heavy (non-hydrogen) atoms. The van der Waals surface area contributed by atoms with Gasteiger partial charge in [-0.15, -0.1) is 0 Å². The molecule has 2 unspecified atom stereocenters. The smallest absolute Gasteiger partial charge is 0.223 e. The summed E-state index contributed by atoms with van der Waals surface area (Å²) < 4.78 is 13.8. The first kappa shape index (κ1) is 26.8. The van der Waals surface area contributed by atoms with E-state index in [2.05, 4.69) is 17.0 Å². The quantitative estimate of drug-likeness (QED) is 0.384. The van der Waals surface area contributed by atoms with Crippen LogP contribution in [0.25, 0.3) is 11.1 Å². The number of fused-ring (bicyclic) bond motifs is 1. The van der Waals surface area contributed by atoms with E-state index in [4.69, 9.17) is 15.2 Å². The van der Waals surface area contributed by atoms with Gasteiger partial charge in [-0.05, 0) is 70.2 Å². The van der Waals surface area contributed by atoms with Gasteiger partial charge in [-0.1, -0.05) is 12.1 Å². The maximum Gasteiger partial charge on any atom is 0.223 e. The number of ether oxygens (including phenoxy) is 2. The van der Waals surface area contributed by atoms with Gasteiger partial charge in [-0.3, -0.25) is 9.79 Å². The van der Waals surface area contributed by atoms with Crippen LogP contribution >= 0.6 is 0 Å². The van der Waals surface area contributed by atoms with Gasteiger partial charge in [0.25, 0.3) is 0 Å². The molecule has 2 fully saturated rings. The molecule has 1 saturated heterocycles. The fraction of sp³-hybridized carbons (Fsp3) is 0.452. The first-order valence-corrected chi connectivity index (χ1v) is 13.7. The molecule has 2 aromatic heterocycles. The van der Waals surface area contributed by atoms with Gasteiger partial charge in [0, 0.05) is 60.7 Å². The lowest BCUT2D eigenvalue weighted by Gasteiger charge is -2.23. The number of allylic oxidation sites excluding steroid dienone is 1. The molecule has 206 valence electrons. The van der Waals surface area contributed by atoms with Crippen LogP contribution in [-0.2, 0) is 11.3 Å². The minimum absolute atomic E-state index is 0.0822. The van der Waals surface area contributed by atoms with Crippen LogP contribution in [0.2, 0.25) is 0 Å². The minimum atomic E-state index is -0.219. The average Bonchev–Trinajstić information content (AvgIpc) is 3.55. The largest absolute Gasteiger partial charge is 0.497 e. The summed E-state index contributed by atoms with van der Waals surface area (Å²) in [5, 5.41) is 4.67. The van der Waals surface area contributed by atoms with Crippen molar-refractivity contribution in [1.82, 2.24) is 14.5 Å². The molecule has 0 bridgehead atoms. The van der Waals surface area contributed by atoms with Crippen LogP contribution < -0.4 is 15.2 Å². The number of methoxy groups -OCH3 is 1. The number of carbonyl (C=O) groups is 1. The lowest BCUT2D eigenvalue weighted by molar-refractivity contribution is -0.128. The second-order valence-electron chi connectivity index (χ2n) is 11.7. The normalized spacial score (nSPS) is 19.3. The molecule has 2 atom stereocenters. The highest BCUT2D eigenvalue weighted by Gasteiger charge is 2.35. The van der Waals surface area contributed by atoms with E-state index < -0.39 is 0 Å². The molecule has 0 radical (unpaired) electrons. The van der Waals surface area contributed by atoms with Gasteiger partial charge in [-0.25, -0.2) is 4.52 Å². The van der Waals surface area contributed by atoms with Crippen molar-refractivity contribution in [2.24, 2.45) is 16.6 Å². The molecule has 3 heterocycles. The predicted octanol–water partition coefficient (Wildman–Crippen LogP) is 5.21. The molecular formula is C31H39N5O3. The molecule has 2 N–H and O–H groups in total. The molecule has 5 rings (SSSR count). The summed E-state index contributed by atoms with van der Waals surface area (Å²) in [6.45, 7) is 9.45. The summed E-state index contributed by atoms with van der Waals surface area (Å²) in [6.07, 6.45) is 9.97. The number of rotatable bonds is 9. The second kappa shape index (κ2) is 10.8. The zero-order chi connectivity index (χ0) is 27.7. The first-order valence-electron chi connectivity index (χ1n) is 13.7. The Morgan fingerprint density at radius 2 is 2.00 bits per heavy atom. The Morgan fingerprint density at radius 3 is 2.64 bits per heavy atom. The van der Waals surface area contributed by atoms with Crippen molar-refractivity contribution in [2.75, 3.05) is 13.7 Å². The third-order valence-corrected chi connectivity index (χ3v) is 7.48. The fourth-order valence-corrected chi connectivity index (χ4v) is 5.04. The molecule has 2 aliphatic rings. The Bertz CT molecular complexity index is 1400. The number of nitrogens with zero attached hydrogens (tertiary/aromatic N) is 4. The highest BCUT2D eigenvalue weighted by molar-refractivity contribution is 6.10. The molecule has 1 amide bonds. The topological polar surface area (TPSA) is 94.4 Å². The summed E-state index contributed by atoms with van der Waals surface area (Å²) in [5.41, 5.74) is 10.8. The molecule has 0 spiro atoms. The number of aromatic nitrogens is 2. The number of pyridine rings is 1. The van der Waals surface area contributed by atoms with E-state index >= 15 is 0 Å². The van der Waals surface area contributed by atoms with Crippen LogP contribution in [0.5, 0.6) is 11.5 Å². The fourth-order valence-electron chi connectivity index (χ4n) is 5.04. The van der Waals surface area contributed by atoms with Gasteiger partial charge < -0.3 is 20.1 Å². The molecule has 1 aliphatic heterocycles. The number of hydrogen-bond donors (Lipinski definition) is 1. The zero-order valence-corrected chi connectivity index (χ0v) is 23.6. The summed E-state index contributed by atoms with van der Waals surface area (Å²) in [7, 11) is 1.65. The van der Waals surface area contributed by atoms with Crippen molar-refractivity contribution in [3.63, 3.8) is 0 Å². The summed E-state index contributed by atoms with van der Waals surface area (Å²) in [6, 6.07) is 9.91. The Kier molecular flexibility index (Phi) is 7.38. The van der Waals surface area contributed by atoms with Crippen LogP contribution in [0.3, 0.4) is 0 Å². The maximum atomic E-state index is 12.9. The van der Waals surface area contributed by atoms with Crippen molar-refractivity contribution in [2.45, 2.75) is 71.1 Å². The van der Waals surface area contributed by atoms with Gasteiger partial charge in [0.05, 0.1) is 18.8 Å². The number of carbonyl (C=O) groups excluding carboxylic acids is 1. The Balaban J connectivity index is 1.38. The standard InChI is InChI=1S/C31H39N5O3/c1-20(23-13-29(37)35(18-23)17-21-6-10-26(38-5)11-7-21)39-28-12-24(25(14-32)15-33-31(2,3)4)19-36-30(28)27(16-34-36)22-8-9-22/h6-7,10-12,14-16,19-20,22-23H,8-9,13,17-18,32H2,1-5H3. The minimum Gasteiger partial charge on any atom is -0.497 e. The molecule has 1 saturated carbocycles. The number of benzene rings is 1. The van der Waals surface area contributed by atoms with Gasteiger partial charge in [0.2, 0.25) is 5.91 Å². The van der Waals surface area contributed by atoms with Crippen molar-refractivity contribution in [1.29, 1.82) is 0 Å². The highest BCUT2D eigenvalue weighted by Crippen LogP contribution is 2.44. The lowest BCUT2D eigenvalue weighted by Crippen LogP contribution is -2.28. The summed E-state index contributed by atoms with van der Waals surface area (Å²) in [5.74, 6) is 2.33. The molecule has 8 heteroatoms. The van der Waals surface area contributed by atoms with Crippen LogP contribution in [0, 0.1) is 5.92 Å². The number of nitrogens with two attached hydrogens (primary N) is 1. The van der Waals surface area contributed by atoms with Crippen molar-refractivity contribution in [3.05, 3.63) is 65.6 Å². The van der Waals surface area contributed by atoms with Crippen LogP contribution in [-0.4, -0.2) is 51.9 Å². The monoisotopic (exact) mass is 529 g/mol. The van der Waals surface area contributed by atoms with Crippen LogP contribution in [0.15, 0.2) is 53.9 Å². The average molecular weight is 530 g/mol. The van der Waals surface area contributed by atoms with Gasteiger partial charge >= 0.3 is 0 Å². The van der Waals surface area contributed by atoms with Gasteiger partial charge in [0.15, 0.2) is 0 Å². The molecule has 3 aromatic rings. The van der Waals surface area contributed by atoms with Gasteiger partial charge in [-0.2, -0.15) is 5.10 Å². The zero-order valence-electron chi connectivity index (χ0n) is 23.6. The van der Waals surface area contributed by atoms with Gasteiger partial charge in [0.1, 0.15) is 23.1 Å². The number of likely N-dealkylation sites (tertiary alicyclic amines) is 1. The highest BCUT2D eigenvalue weighted by atomic mass is 16.5. The van der Waals surface area contributed by atoms with Crippen molar-refractivity contribution in [3.8, 4) is 11.5 Å². The van der Waals surface area contributed by atoms with E-state index in [1.165, 1.54) is 18.4 Å². The maximum absolute atomic E-state index is 12.9. The number of hydrogen-bond acceptors (Lipinski definition) is 6. The van der Waals surface area contributed by atoms with E-state index in [9.17, 15) is 4.79 Å². The number of aliphatic imine (C=N–C) groups is 1. The van der Waals surface area contributed by atoms with E-state index in [0.29, 0.717) is 25.4 Å². The van der Waals surface area contributed by atoms with E-state index in [-0.39, 0.29) is 23.5 Å². The van der Waals surface area contributed by atoms with Crippen LogP contribution in [0.1, 0.15) is 69.6 Å². The third-order valence-electron chi connectivity index (χ3n) is 7.48. The summed E-state index contributed by atoms with van der Waals surface area (Å²) in [4.78, 5) is 19.5.